The van der Waals surface area contributed by atoms with Gasteiger partial charge in [0.1, 0.15) is 5.75 Å². The summed E-state index contributed by atoms with van der Waals surface area (Å²) in [6.45, 7) is 2.60. The van der Waals surface area contributed by atoms with Gasteiger partial charge in [0.15, 0.2) is 0 Å². The van der Waals surface area contributed by atoms with Crippen molar-refractivity contribution in [2.75, 3.05) is 13.7 Å². The molecule has 0 aliphatic heterocycles. The highest BCUT2D eigenvalue weighted by atomic mass is 35.5. The fourth-order valence-corrected chi connectivity index (χ4v) is 1.79. The molecule has 0 saturated carbocycles. The molecule has 0 aromatic heterocycles. The predicted octanol–water partition coefficient (Wildman–Crippen LogP) is 2.42. The number of rotatable bonds is 7. The van der Waals surface area contributed by atoms with Gasteiger partial charge in [-0.05, 0) is 37.1 Å². The fourth-order valence-electron chi connectivity index (χ4n) is 1.79. The van der Waals surface area contributed by atoms with E-state index in [1.165, 1.54) is 0 Å². The number of nitrogens with two attached hydrogens (primary N) is 1. The van der Waals surface area contributed by atoms with Crippen LogP contribution in [0.15, 0.2) is 24.3 Å². The fraction of sp³-hybridized carbons (Fsp3) is 0.500. The number of carbonyl (C=O) groups excluding carboxylic acids is 1. The molecule has 0 spiro atoms. The highest BCUT2D eigenvalue weighted by Crippen LogP contribution is 2.20. The first-order chi connectivity index (χ1) is 8.71. The van der Waals surface area contributed by atoms with E-state index in [2.05, 4.69) is 12.2 Å². The van der Waals surface area contributed by atoms with Crippen LogP contribution in [-0.2, 0) is 4.79 Å². The van der Waals surface area contributed by atoms with Gasteiger partial charge in [-0.2, -0.15) is 0 Å². The molecule has 0 heterocycles. The van der Waals surface area contributed by atoms with E-state index >= 15 is 0 Å². The van der Waals surface area contributed by atoms with Gasteiger partial charge in [0, 0.05) is 6.42 Å². The van der Waals surface area contributed by atoms with E-state index in [9.17, 15) is 4.79 Å². The maximum Gasteiger partial charge on any atom is 0.220 e. The maximum absolute atomic E-state index is 11.7. The second kappa shape index (κ2) is 9.64. The van der Waals surface area contributed by atoms with Crippen molar-refractivity contribution in [3.8, 4) is 5.75 Å². The van der Waals surface area contributed by atoms with Crippen LogP contribution in [-0.4, -0.2) is 19.6 Å². The lowest BCUT2D eigenvalue weighted by Gasteiger charge is -2.17. The number of carbonyl (C=O) groups is 1. The number of methoxy groups -OCH3 is 1. The minimum Gasteiger partial charge on any atom is -0.497 e. The Hall–Kier alpha value is -1.26. The smallest absolute Gasteiger partial charge is 0.220 e. The largest absolute Gasteiger partial charge is 0.497 e. The summed E-state index contributed by atoms with van der Waals surface area (Å²) in [4.78, 5) is 11.7. The molecule has 1 rings (SSSR count). The molecule has 0 bridgehead atoms. The quantitative estimate of drug-likeness (QED) is 0.809. The first-order valence-electron chi connectivity index (χ1n) is 6.34. The van der Waals surface area contributed by atoms with E-state index in [-0.39, 0.29) is 24.4 Å². The minimum atomic E-state index is 0. The lowest BCUT2D eigenvalue weighted by molar-refractivity contribution is -0.121. The van der Waals surface area contributed by atoms with Gasteiger partial charge in [0.25, 0.3) is 0 Å². The third-order valence-corrected chi connectivity index (χ3v) is 2.87. The summed E-state index contributed by atoms with van der Waals surface area (Å²) in [7, 11) is 1.64. The van der Waals surface area contributed by atoms with E-state index in [1.54, 1.807) is 7.11 Å². The number of amides is 1. The van der Waals surface area contributed by atoms with Crippen molar-refractivity contribution >= 4 is 18.3 Å². The van der Waals surface area contributed by atoms with Crippen LogP contribution in [0.4, 0.5) is 0 Å². The molecule has 1 aromatic carbocycles. The third-order valence-electron chi connectivity index (χ3n) is 2.87. The van der Waals surface area contributed by atoms with E-state index < -0.39 is 0 Å². The van der Waals surface area contributed by atoms with Gasteiger partial charge in [-0.25, -0.2) is 0 Å². The van der Waals surface area contributed by atoms with Crippen LogP contribution in [0.5, 0.6) is 5.75 Å². The van der Waals surface area contributed by atoms with Crippen LogP contribution < -0.4 is 15.8 Å². The Kier molecular flexibility index (Phi) is 9.00. The van der Waals surface area contributed by atoms with E-state index in [0.29, 0.717) is 13.0 Å². The van der Waals surface area contributed by atoms with Crippen LogP contribution in [0.1, 0.15) is 37.8 Å². The van der Waals surface area contributed by atoms with Crippen molar-refractivity contribution in [3.63, 3.8) is 0 Å². The van der Waals surface area contributed by atoms with Crippen LogP contribution in [0.25, 0.3) is 0 Å². The predicted molar refractivity (Wildman–Crippen MR) is 79.7 cm³/mol. The van der Waals surface area contributed by atoms with Gasteiger partial charge < -0.3 is 15.8 Å². The Morgan fingerprint density at radius 1 is 1.37 bits per heavy atom. The lowest BCUT2D eigenvalue weighted by Crippen LogP contribution is -2.28. The molecule has 19 heavy (non-hydrogen) atoms. The van der Waals surface area contributed by atoms with Crippen LogP contribution in [0.3, 0.4) is 0 Å². The van der Waals surface area contributed by atoms with E-state index in [1.807, 2.05) is 24.3 Å². The van der Waals surface area contributed by atoms with Crippen molar-refractivity contribution in [2.45, 2.75) is 32.2 Å². The van der Waals surface area contributed by atoms with Crippen molar-refractivity contribution in [2.24, 2.45) is 5.73 Å². The highest BCUT2D eigenvalue weighted by Gasteiger charge is 2.12. The summed E-state index contributed by atoms with van der Waals surface area (Å²) in [6, 6.07) is 7.83. The molecule has 4 nitrogen and oxygen atoms in total. The Morgan fingerprint density at radius 3 is 2.47 bits per heavy atom. The van der Waals surface area contributed by atoms with Gasteiger partial charge in [-0.15, -0.1) is 12.4 Å². The van der Waals surface area contributed by atoms with Crippen LogP contribution >= 0.6 is 12.4 Å². The molecular formula is C14H23ClN2O2. The monoisotopic (exact) mass is 286 g/mol. The van der Waals surface area contributed by atoms with E-state index in [0.717, 1.165) is 24.2 Å². The topological polar surface area (TPSA) is 64.4 Å². The minimum absolute atomic E-state index is 0. The van der Waals surface area contributed by atoms with Gasteiger partial charge >= 0.3 is 0 Å². The summed E-state index contributed by atoms with van der Waals surface area (Å²) in [6.07, 6.45) is 2.08. The molecule has 1 aromatic rings. The zero-order valence-electron chi connectivity index (χ0n) is 11.5. The highest BCUT2D eigenvalue weighted by molar-refractivity contribution is 5.85. The zero-order valence-corrected chi connectivity index (χ0v) is 12.3. The normalized spacial score (nSPS) is 11.3. The molecule has 0 fully saturated rings. The summed E-state index contributed by atoms with van der Waals surface area (Å²) in [5.74, 6) is 0.881. The Labute approximate surface area is 121 Å². The Bertz CT molecular complexity index is 368. The molecule has 0 saturated heterocycles. The molecular weight excluding hydrogens is 264 g/mol. The molecule has 1 atom stereocenters. The Morgan fingerprint density at radius 2 is 2.00 bits per heavy atom. The van der Waals surface area contributed by atoms with Crippen molar-refractivity contribution in [1.29, 1.82) is 0 Å². The number of hydrogen-bond donors (Lipinski definition) is 2. The summed E-state index contributed by atoms with van der Waals surface area (Å²) in [5.41, 5.74) is 6.49. The molecule has 0 aliphatic carbocycles. The number of hydrogen-bond acceptors (Lipinski definition) is 3. The molecule has 1 amide bonds. The third kappa shape index (κ3) is 5.94. The second-order valence-corrected chi connectivity index (χ2v) is 4.19. The Balaban J connectivity index is 0.00000324. The molecule has 0 aliphatic rings. The van der Waals surface area contributed by atoms with Crippen LogP contribution in [0, 0.1) is 0 Å². The average Bonchev–Trinajstić information content (AvgIpc) is 2.42. The summed E-state index contributed by atoms with van der Waals surface area (Å²) >= 11 is 0. The zero-order chi connectivity index (χ0) is 13.4. The number of benzene rings is 1. The first-order valence-corrected chi connectivity index (χ1v) is 6.34. The van der Waals surface area contributed by atoms with Crippen molar-refractivity contribution in [3.05, 3.63) is 29.8 Å². The maximum atomic E-state index is 11.7. The van der Waals surface area contributed by atoms with Crippen molar-refractivity contribution in [1.82, 2.24) is 5.32 Å². The van der Waals surface area contributed by atoms with Gasteiger partial charge in [-0.3, -0.25) is 4.79 Å². The van der Waals surface area contributed by atoms with E-state index in [4.69, 9.17) is 10.5 Å². The van der Waals surface area contributed by atoms with Gasteiger partial charge in [-0.1, -0.05) is 19.1 Å². The summed E-state index contributed by atoms with van der Waals surface area (Å²) < 4.78 is 5.12. The lowest BCUT2D eigenvalue weighted by atomic mass is 10.0. The number of nitrogens with one attached hydrogen (secondary N) is 1. The van der Waals surface area contributed by atoms with Crippen LogP contribution in [0.2, 0.25) is 0 Å². The molecule has 108 valence electrons. The number of ether oxygens (including phenoxy) is 1. The molecule has 0 radical (unpaired) electrons. The van der Waals surface area contributed by atoms with Crippen molar-refractivity contribution < 1.29 is 9.53 Å². The summed E-state index contributed by atoms with van der Waals surface area (Å²) in [5, 5.41) is 3.02. The average molecular weight is 287 g/mol. The molecule has 5 heteroatoms. The SMILES string of the molecule is CCC(NC(=O)CCCN)c1ccc(OC)cc1.Cl. The number of halogens is 1. The first kappa shape index (κ1) is 17.7. The standard InChI is InChI=1S/C14H22N2O2.ClH/c1-3-13(16-14(17)5-4-10-15)11-6-8-12(18-2)9-7-11;/h6-9,13H,3-5,10,15H2,1-2H3,(H,16,17);1H. The molecule has 3 N–H and O–H groups in total. The second-order valence-electron chi connectivity index (χ2n) is 4.19. The van der Waals surface area contributed by atoms with Gasteiger partial charge in [0.2, 0.25) is 5.91 Å². The molecule has 1 unspecified atom stereocenters. The van der Waals surface area contributed by atoms with Gasteiger partial charge in [0.05, 0.1) is 13.2 Å².